The fourth-order valence-corrected chi connectivity index (χ4v) is 12.1. The summed E-state index contributed by atoms with van der Waals surface area (Å²) in [5.74, 6) is 5.19. The molecule has 4 bridgehead atoms. The van der Waals surface area contributed by atoms with Crippen LogP contribution in [0.2, 0.25) is 0 Å². The SMILES string of the molecule is CC1(C)c2cc(N(c3ccc(C4CC5CCC4C5)cc3)c3ccc(C4CC5CCC4C5)cc3)ccc2-c2c(-c3ccc(-c4ccccc4)cc3)cccc21. The normalized spacial score (nSPS) is 25.5. The Morgan fingerprint density at radius 3 is 1.56 bits per heavy atom. The summed E-state index contributed by atoms with van der Waals surface area (Å²) in [7, 11) is 0. The van der Waals surface area contributed by atoms with Crippen LogP contribution in [0.5, 0.6) is 0 Å². The number of fused-ring (bicyclic) bond motifs is 7. The summed E-state index contributed by atoms with van der Waals surface area (Å²) in [5, 5.41) is 0. The summed E-state index contributed by atoms with van der Waals surface area (Å²) in [4.78, 5) is 2.53. The predicted molar refractivity (Wildman–Crippen MR) is 226 cm³/mol. The molecule has 5 aliphatic carbocycles. The first-order valence-electron chi connectivity index (χ1n) is 20.9. The summed E-state index contributed by atoms with van der Waals surface area (Å²) in [5.41, 5.74) is 17.4. The molecule has 11 rings (SSSR count). The molecule has 4 fully saturated rings. The third kappa shape index (κ3) is 5.25. The Hall–Kier alpha value is -4.88. The maximum atomic E-state index is 2.53. The second-order valence-electron chi connectivity index (χ2n) is 18.1. The number of rotatable bonds is 7. The topological polar surface area (TPSA) is 3.24 Å². The van der Waals surface area contributed by atoms with Gasteiger partial charge >= 0.3 is 0 Å². The van der Waals surface area contributed by atoms with Gasteiger partial charge in [0.2, 0.25) is 0 Å². The number of nitrogens with zero attached hydrogens (tertiary/aromatic N) is 1. The zero-order valence-electron chi connectivity index (χ0n) is 31.8. The van der Waals surface area contributed by atoms with E-state index in [1.807, 2.05) is 0 Å². The lowest BCUT2D eigenvalue weighted by molar-refractivity contribution is 0.420. The molecule has 6 unspecified atom stereocenters. The van der Waals surface area contributed by atoms with E-state index in [1.54, 1.807) is 11.1 Å². The first-order chi connectivity index (χ1) is 26.5. The predicted octanol–water partition coefficient (Wildman–Crippen LogP) is 14.6. The van der Waals surface area contributed by atoms with Crippen LogP contribution in [0.4, 0.5) is 17.1 Å². The molecule has 6 aromatic rings. The van der Waals surface area contributed by atoms with Crippen LogP contribution in [0.1, 0.15) is 99.3 Å². The van der Waals surface area contributed by atoms with Gasteiger partial charge in [-0.25, -0.2) is 0 Å². The van der Waals surface area contributed by atoms with Crippen LogP contribution in [-0.2, 0) is 5.41 Å². The third-order valence-corrected chi connectivity index (χ3v) is 14.9. The lowest BCUT2D eigenvalue weighted by atomic mass is 9.81. The maximum absolute atomic E-state index is 2.53. The monoisotopic (exact) mass is 701 g/mol. The van der Waals surface area contributed by atoms with Crippen molar-refractivity contribution >= 4 is 17.1 Å². The van der Waals surface area contributed by atoms with Gasteiger partial charge in [0.1, 0.15) is 0 Å². The Kier molecular flexibility index (Phi) is 7.59. The average molecular weight is 702 g/mol. The highest BCUT2D eigenvalue weighted by molar-refractivity contribution is 5.94. The van der Waals surface area contributed by atoms with E-state index in [0.29, 0.717) is 0 Å². The van der Waals surface area contributed by atoms with Gasteiger partial charge in [0.05, 0.1) is 0 Å². The van der Waals surface area contributed by atoms with Crippen molar-refractivity contribution in [1.82, 2.24) is 0 Å². The summed E-state index contributed by atoms with van der Waals surface area (Å²) in [6, 6.07) is 53.6. The van der Waals surface area contributed by atoms with E-state index >= 15 is 0 Å². The van der Waals surface area contributed by atoms with E-state index < -0.39 is 0 Å². The summed E-state index contributed by atoms with van der Waals surface area (Å²) < 4.78 is 0. The molecular formula is C53H51N. The third-order valence-electron chi connectivity index (χ3n) is 14.9. The van der Waals surface area contributed by atoms with Crippen molar-refractivity contribution in [3.63, 3.8) is 0 Å². The van der Waals surface area contributed by atoms with E-state index in [9.17, 15) is 0 Å². The molecule has 0 heterocycles. The van der Waals surface area contributed by atoms with Crippen LogP contribution in [0.25, 0.3) is 33.4 Å². The Morgan fingerprint density at radius 2 is 1.00 bits per heavy atom. The minimum Gasteiger partial charge on any atom is -0.310 e. The number of anilines is 3. The minimum atomic E-state index is -0.121. The lowest BCUT2D eigenvalue weighted by Crippen LogP contribution is -2.17. The molecule has 0 radical (unpaired) electrons. The molecule has 0 spiro atoms. The molecule has 0 saturated heterocycles. The Labute approximate surface area is 322 Å². The first kappa shape index (κ1) is 32.5. The fraction of sp³-hybridized carbons (Fsp3) is 0.321. The molecule has 5 aliphatic rings. The van der Waals surface area contributed by atoms with Crippen molar-refractivity contribution in [3.05, 3.63) is 162 Å². The van der Waals surface area contributed by atoms with Crippen LogP contribution >= 0.6 is 0 Å². The summed E-state index contributed by atoms with van der Waals surface area (Å²) >= 11 is 0. The van der Waals surface area contributed by atoms with Crippen LogP contribution in [0.15, 0.2) is 140 Å². The van der Waals surface area contributed by atoms with Gasteiger partial charge in [-0.15, -0.1) is 0 Å². The molecule has 0 aliphatic heterocycles. The minimum absolute atomic E-state index is 0.121. The van der Waals surface area contributed by atoms with E-state index in [-0.39, 0.29) is 5.41 Å². The standard InChI is InChI=1S/C53H51N/c1-53(2)50-10-6-9-46(38-17-15-37(16-18-38)36-7-4-3-5-8-36)52(50)47-28-27-45(33-51(47)53)54(43-23-19-39(20-24-43)48-31-34-11-13-41(48)29-34)44-25-21-40(22-26-44)49-32-35-12-14-42(49)30-35/h3-10,15-28,33-35,41-42,48-49H,11-14,29-32H2,1-2H3. The van der Waals surface area contributed by atoms with Gasteiger partial charge in [-0.05, 0) is 166 Å². The van der Waals surface area contributed by atoms with Gasteiger partial charge in [0.25, 0.3) is 0 Å². The second-order valence-corrected chi connectivity index (χ2v) is 18.1. The average Bonchev–Trinajstić information content (AvgIpc) is 4.08. The van der Waals surface area contributed by atoms with E-state index in [4.69, 9.17) is 0 Å². The van der Waals surface area contributed by atoms with Crippen molar-refractivity contribution in [1.29, 1.82) is 0 Å². The zero-order chi connectivity index (χ0) is 36.0. The maximum Gasteiger partial charge on any atom is 0.0465 e. The molecule has 0 N–H and O–H groups in total. The fourth-order valence-electron chi connectivity index (χ4n) is 12.1. The molecular weight excluding hydrogens is 651 g/mol. The molecule has 4 saturated carbocycles. The Morgan fingerprint density at radius 1 is 0.444 bits per heavy atom. The van der Waals surface area contributed by atoms with Crippen LogP contribution in [0.3, 0.4) is 0 Å². The highest BCUT2D eigenvalue weighted by Crippen LogP contribution is 2.56. The Balaban J connectivity index is 0.977. The molecule has 0 amide bonds. The number of hydrogen-bond donors (Lipinski definition) is 0. The molecule has 6 atom stereocenters. The van der Waals surface area contributed by atoms with Crippen molar-refractivity contribution < 1.29 is 0 Å². The second kappa shape index (κ2) is 12.6. The van der Waals surface area contributed by atoms with Crippen molar-refractivity contribution in [2.24, 2.45) is 23.7 Å². The largest absolute Gasteiger partial charge is 0.310 e. The highest BCUT2D eigenvalue weighted by Gasteiger charge is 2.42. The first-order valence-corrected chi connectivity index (χ1v) is 20.9. The zero-order valence-corrected chi connectivity index (χ0v) is 31.8. The quantitative estimate of drug-likeness (QED) is 0.160. The van der Waals surface area contributed by atoms with Crippen molar-refractivity contribution in [3.8, 4) is 33.4 Å². The van der Waals surface area contributed by atoms with Gasteiger partial charge in [-0.2, -0.15) is 0 Å². The van der Waals surface area contributed by atoms with Gasteiger partial charge in [-0.1, -0.05) is 130 Å². The van der Waals surface area contributed by atoms with Gasteiger partial charge in [0, 0.05) is 22.5 Å². The van der Waals surface area contributed by atoms with Crippen molar-refractivity contribution in [2.75, 3.05) is 4.90 Å². The van der Waals surface area contributed by atoms with Crippen LogP contribution in [-0.4, -0.2) is 0 Å². The van der Waals surface area contributed by atoms with Crippen molar-refractivity contribution in [2.45, 2.75) is 82.5 Å². The molecule has 1 heteroatoms. The van der Waals surface area contributed by atoms with E-state index in [1.165, 1.54) is 113 Å². The van der Waals surface area contributed by atoms with E-state index in [0.717, 1.165) is 35.5 Å². The molecule has 1 nitrogen and oxygen atoms in total. The molecule has 6 aromatic carbocycles. The molecule has 54 heavy (non-hydrogen) atoms. The van der Waals surface area contributed by atoms with Crippen LogP contribution in [0, 0.1) is 23.7 Å². The number of hydrogen-bond acceptors (Lipinski definition) is 1. The summed E-state index contributed by atoms with van der Waals surface area (Å²) in [6.45, 7) is 4.84. The number of benzene rings is 6. The summed E-state index contributed by atoms with van der Waals surface area (Å²) in [6.07, 6.45) is 11.4. The Bertz CT molecular complexity index is 2260. The van der Waals surface area contributed by atoms with Gasteiger partial charge in [0.15, 0.2) is 0 Å². The van der Waals surface area contributed by atoms with Gasteiger partial charge in [-0.3, -0.25) is 0 Å². The van der Waals surface area contributed by atoms with Gasteiger partial charge < -0.3 is 4.90 Å². The van der Waals surface area contributed by atoms with Crippen LogP contribution < -0.4 is 4.90 Å². The van der Waals surface area contributed by atoms with E-state index in [2.05, 4.69) is 158 Å². The smallest absolute Gasteiger partial charge is 0.0465 e. The molecule has 0 aromatic heterocycles. The highest BCUT2D eigenvalue weighted by atomic mass is 15.1. The molecule has 268 valence electrons. The lowest BCUT2D eigenvalue weighted by Gasteiger charge is -2.29.